The number of hydrogen-bond acceptors (Lipinski definition) is 6. The maximum Gasteiger partial charge on any atom is 0.251 e. The van der Waals surface area contributed by atoms with Crippen molar-refractivity contribution in [3.8, 4) is 5.75 Å². The lowest BCUT2D eigenvalue weighted by Crippen LogP contribution is -2.52. The van der Waals surface area contributed by atoms with Gasteiger partial charge in [-0.15, -0.1) is 0 Å². The van der Waals surface area contributed by atoms with Gasteiger partial charge >= 0.3 is 0 Å². The lowest BCUT2D eigenvalue weighted by atomic mass is 9.95. The fourth-order valence-electron chi connectivity index (χ4n) is 4.41. The van der Waals surface area contributed by atoms with Gasteiger partial charge in [0.15, 0.2) is 0 Å². The molecule has 2 aliphatic rings. The zero-order chi connectivity index (χ0) is 21.1. The fourth-order valence-corrected chi connectivity index (χ4v) is 4.41. The molecule has 4 atom stereocenters. The second kappa shape index (κ2) is 9.14. The lowest BCUT2D eigenvalue weighted by Gasteiger charge is -2.37. The third kappa shape index (κ3) is 4.20. The number of carbonyl (C=O) groups excluding carboxylic acids is 1. The van der Waals surface area contributed by atoms with Gasteiger partial charge in [0, 0.05) is 25.2 Å². The minimum absolute atomic E-state index is 0.217. The van der Waals surface area contributed by atoms with Gasteiger partial charge in [-0.05, 0) is 41.8 Å². The van der Waals surface area contributed by atoms with Crippen LogP contribution in [0.2, 0.25) is 0 Å². The van der Waals surface area contributed by atoms with Crippen molar-refractivity contribution in [3.63, 3.8) is 0 Å². The molecular formula is C23H28N2O5. The first-order valence-electron chi connectivity index (χ1n) is 10.3. The molecule has 2 aliphatic heterocycles. The Labute approximate surface area is 176 Å². The molecule has 0 radical (unpaired) electrons. The molecule has 7 nitrogen and oxygen atoms in total. The number of carbonyl (C=O) groups is 1. The van der Waals surface area contributed by atoms with E-state index in [4.69, 9.17) is 9.47 Å². The van der Waals surface area contributed by atoms with Crippen LogP contribution in [-0.4, -0.2) is 72.2 Å². The lowest BCUT2D eigenvalue weighted by molar-refractivity contribution is -0.0209. The highest BCUT2D eigenvalue weighted by Crippen LogP contribution is 2.30. The molecule has 3 N–H and O–H groups in total. The summed E-state index contributed by atoms with van der Waals surface area (Å²) in [6.45, 7) is 1.50. The molecule has 1 saturated heterocycles. The number of aliphatic hydroxyl groups excluding tert-OH is 2. The van der Waals surface area contributed by atoms with Crippen LogP contribution >= 0.6 is 0 Å². The van der Waals surface area contributed by atoms with E-state index in [2.05, 4.69) is 22.3 Å². The minimum Gasteiger partial charge on any atom is -0.497 e. The fraction of sp³-hybridized carbons (Fsp3) is 0.435. The molecular weight excluding hydrogens is 384 g/mol. The van der Waals surface area contributed by atoms with Gasteiger partial charge in [-0.25, -0.2) is 0 Å². The van der Waals surface area contributed by atoms with Crippen molar-refractivity contribution in [2.45, 2.75) is 37.3 Å². The minimum atomic E-state index is -0.817. The first-order valence-corrected chi connectivity index (χ1v) is 10.3. The number of benzene rings is 2. The smallest absolute Gasteiger partial charge is 0.251 e. The summed E-state index contributed by atoms with van der Waals surface area (Å²) < 4.78 is 11.0. The molecule has 0 aromatic heterocycles. The standard InChI is InChI=1S/C23H28N2O5/c1-29-18-8-6-16(7-9-18)23(28)24-12-19-21(22(27)20(14-26)30-19)25-11-10-15-4-2-3-5-17(15)13-25/h2-9,19-22,26-27H,10-14H2,1H3,(H,24,28)/t19-,20+,21+,22-/m1/s1. The van der Waals surface area contributed by atoms with E-state index in [-0.39, 0.29) is 25.1 Å². The zero-order valence-electron chi connectivity index (χ0n) is 17.0. The van der Waals surface area contributed by atoms with Gasteiger partial charge < -0.3 is 25.0 Å². The molecule has 0 aliphatic carbocycles. The highest BCUT2D eigenvalue weighted by molar-refractivity contribution is 5.94. The molecule has 7 heteroatoms. The molecule has 1 fully saturated rings. The summed E-state index contributed by atoms with van der Waals surface area (Å²) in [4.78, 5) is 14.7. The molecule has 30 heavy (non-hydrogen) atoms. The van der Waals surface area contributed by atoms with Gasteiger partial charge in [0.1, 0.15) is 18.0 Å². The maximum atomic E-state index is 12.5. The van der Waals surface area contributed by atoms with E-state index < -0.39 is 18.3 Å². The third-order valence-corrected chi connectivity index (χ3v) is 6.04. The summed E-state index contributed by atoms with van der Waals surface area (Å²) in [6.07, 6.45) is -0.989. The monoisotopic (exact) mass is 412 g/mol. The summed E-state index contributed by atoms with van der Waals surface area (Å²) in [5.74, 6) is 0.468. The molecule has 0 unspecified atom stereocenters. The molecule has 1 amide bonds. The van der Waals surface area contributed by atoms with Crippen LogP contribution in [0.3, 0.4) is 0 Å². The second-order valence-electron chi connectivity index (χ2n) is 7.80. The average molecular weight is 412 g/mol. The quantitative estimate of drug-likeness (QED) is 0.655. The summed E-state index contributed by atoms with van der Waals surface area (Å²) in [5.41, 5.74) is 3.09. The molecule has 2 aromatic carbocycles. The summed E-state index contributed by atoms with van der Waals surface area (Å²) in [6, 6.07) is 14.9. The van der Waals surface area contributed by atoms with E-state index in [1.807, 2.05) is 12.1 Å². The number of rotatable bonds is 6. The number of amides is 1. The number of ether oxygens (including phenoxy) is 2. The highest BCUT2D eigenvalue weighted by Gasteiger charge is 2.46. The second-order valence-corrected chi connectivity index (χ2v) is 7.80. The summed E-state index contributed by atoms with van der Waals surface area (Å²) in [5, 5.41) is 23.3. The highest BCUT2D eigenvalue weighted by atomic mass is 16.5. The van der Waals surface area contributed by atoms with Crippen molar-refractivity contribution < 1.29 is 24.5 Å². The molecule has 160 valence electrons. The molecule has 2 heterocycles. The van der Waals surface area contributed by atoms with E-state index in [1.54, 1.807) is 31.4 Å². The van der Waals surface area contributed by atoms with Crippen LogP contribution < -0.4 is 10.1 Å². The van der Waals surface area contributed by atoms with Crippen molar-refractivity contribution in [2.75, 3.05) is 26.8 Å². The van der Waals surface area contributed by atoms with Crippen LogP contribution in [0.25, 0.3) is 0 Å². The van der Waals surface area contributed by atoms with Crippen LogP contribution in [0.1, 0.15) is 21.5 Å². The van der Waals surface area contributed by atoms with Crippen molar-refractivity contribution in [3.05, 3.63) is 65.2 Å². The Kier molecular flexibility index (Phi) is 6.34. The summed E-state index contributed by atoms with van der Waals surface area (Å²) >= 11 is 0. The Morgan fingerprint density at radius 1 is 1.17 bits per heavy atom. The van der Waals surface area contributed by atoms with Gasteiger partial charge in [-0.2, -0.15) is 0 Å². The van der Waals surface area contributed by atoms with E-state index in [9.17, 15) is 15.0 Å². The number of aliphatic hydroxyl groups is 2. The van der Waals surface area contributed by atoms with Gasteiger partial charge in [-0.3, -0.25) is 9.69 Å². The van der Waals surface area contributed by atoms with Crippen LogP contribution in [0.4, 0.5) is 0 Å². The van der Waals surface area contributed by atoms with Crippen molar-refractivity contribution in [2.24, 2.45) is 0 Å². The largest absolute Gasteiger partial charge is 0.497 e. The van der Waals surface area contributed by atoms with Crippen molar-refractivity contribution in [1.29, 1.82) is 0 Å². The Hall–Kier alpha value is -2.45. The molecule has 0 spiro atoms. The van der Waals surface area contributed by atoms with Crippen LogP contribution in [0.5, 0.6) is 5.75 Å². The Morgan fingerprint density at radius 2 is 1.90 bits per heavy atom. The number of fused-ring (bicyclic) bond motifs is 1. The van der Waals surface area contributed by atoms with E-state index in [1.165, 1.54) is 11.1 Å². The van der Waals surface area contributed by atoms with Gasteiger partial charge in [0.05, 0.1) is 25.9 Å². The number of nitrogens with zero attached hydrogens (tertiary/aromatic N) is 1. The molecule has 0 saturated carbocycles. The number of hydrogen-bond donors (Lipinski definition) is 3. The summed E-state index contributed by atoms with van der Waals surface area (Å²) in [7, 11) is 1.58. The Balaban J connectivity index is 1.44. The first-order chi connectivity index (χ1) is 14.6. The zero-order valence-corrected chi connectivity index (χ0v) is 17.0. The van der Waals surface area contributed by atoms with E-state index >= 15 is 0 Å². The first kappa shape index (κ1) is 20.8. The molecule has 2 aromatic rings. The normalized spacial score (nSPS) is 26.2. The average Bonchev–Trinajstić information content (AvgIpc) is 3.12. The predicted molar refractivity (Wildman–Crippen MR) is 111 cm³/mol. The van der Waals surface area contributed by atoms with E-state index in [0.29, 0.717) is 17.9 Å². The Bertz CT molecular complexity index is 872. The van der Waals surface area contributed by atoms with E-state index in [0.717, 1.165) is 13.0 Å². The predicted octanol–water partition coefficient (Wildman–Crippen LogP) is 0.973. The van der Waals surface area contributed by atoms with Crippen LogP contribution in [-0.2, 0) is 17.7 Å². The topological polar surface area (TPSA) is 91.3 Å². The van der Waals surface area contributed by atoms with Gasteiger partial charge in [0.25, 0.3) is 5.91 Å². The molecule has 0 bridgehead atoms. The number of methoxy groups -OCH3 is 1. The number of nitrogens with one attached hydrogen (secondary N) is 1. The van der Waals surface area contributed by atoms with Gasteiger partial charge in [0.2, 0.25) is 0 Å². The van der Waals surface area contributed by atoms with Crippen LogP contribution in [0.15, 0.2) is 48.5 Å². The Morgan fingerprint density at radius 3 is 2.60 bits per heavy atom. The van der Waals surface area contributed by atoms with Gasteiger partial charge in [-0.1, -0.05) is 24.3 Å². The van der Waals surface area contributed by atoms with Crippen molar-refractivity contribution in [1.82, 2.24) is 10.2 Å². The SMILES string of the molecule is COc1ccc(C(=O)NC[C@H]2O[C@@H](CO)[C@@H](O)[C@H]2N2CCc3ccccc3C2)cc1. The van der Waals surface area contributed by atoms with Crippen LogP contribution in [0, 0.1) is 0 Å². The molecule has 4 rings (SSSR count). The third-order valence-electron chi connectivity index (χ3n) is 6.04. The van der Waals surface area contributed by atoms with Crippen molar-refractivity contribution >= 4 is 5.91 Å². The maximum absolute atomic E-state index is 12.5.